The monoisotopic (exact) mass is 415 g/mol. The van der Waals surface area contributed by atoms with Crippen LogP contribution in [0.2, 0.25) is 0 Å². The molecule has 3 aromatic rings. The number of ether oxygens (including phenoxy) is 2. The largest absolute Gasteiger partial charge is 0.448 e. The van der Waals surface area contributed by atoms with Crippen LogP contribution < -0.4 is 0 Å². The van der Waals surface area contributed by atoms with Crippen molar-refractivity contribution in [1.82, 2.24) is 4.90 Å². The Kier molecular flexibility index (Phi) is 6.61. The molecule has 0 N–H and O–H groups in total. The standard InChI is InChI=1S/C22H22FNO4S/c1-14(21(25)24(2)12-15-8-5-4-6-9-15)28-22(26)20-16(13-27-3)19-17(23)10-7-11-18(19)29-20/h4-11,14H,12-13H2,1-3H3/t14-/m1/s1. The summed E-state index contributed by atoms with van der Waals surface area (Å²) in [5.74, 6) is -1.40. The van der Waals surface area contributed by atoms with Crippen LogP contribution in [0.15, 0.2) is 48.5 Å². The van der Waals surface area contributed by atoms with Crippen LogP contribution in [0.25, 0.3) is 10.1 Å². The molecule has 0 saturated carbocycles. The van der Waals surface area contributed by atoms with Gasteiger partial charge in [0.05, 0.1) is 6.61 Å². The van der Waals surface area contributed by atoms with Gasteiger partial charge in [-0.2, -0.15) is 0 Å². The van der Waals surface area contributed by atoms with Gasteiger partial charge in [-0.1, -0.05) is 36.4 Å². The molecule has 2 aromatic carbocycles. The summed E-state index contributed by atoms with van der Waals surface area (Å²) < 4.78 is 25.5. The van der Waals surface area contributed by atoms with Crippen molar-refractivity contribution in [3.8, 4) is 0 Å². The van der Waals surface area contributed by atoms with Crippen molar-refractivity contribution in [3.63, 3.8) is 0 Å². The van der Waals surface area contributed by atoms with E-state index >= 15 is 0 Å². The number of carbonyl (C=O) groups is 2. The second-order valence-corrected chi connectivity index (χ2v) is 7.74. The van der Waals surface area contributed by atoms with Gasteiger partial charge in [0.15, 0.2) is 6.10 Å². The van der Waals surface area contributed by atoms with Gasteiger partial charge in [0, 0.05) is 36.4 Å². The minimum Gasteiger partial charge on any atom is -0.448 e. The molecule has 1 atom stereocenters. The number of hydrogen-bond acceptors (Lipinski definition) is 5. The van der Waals surface area contributed by atoms with E-state index in [-0.39, 0.29) is 17.4 Å². The molecular formula is C22H22FNO4S. The zero-order chi connectivity index (χ0) is 21.0. The Bertz CT molecular complexity index is 1020. The van der Waals surface area contributed by atoms with Crippen molar-refractivity contribution < 1.29 is 23.5 Å². The van der Waals surface area contributed by atoms with Gasteiger partial charge in [0.1, 0.15) is 10.7 Å². The van der Waals surface area contributed by atoms with Crippen LogP contribution in [0, 0.1) is 5.82 Å². The Balaban J connectivity index is 1.76. The van der Waals surface area contributed by atoms with E-state index in [2.05, 4.69) is 0 Å². The number of rotatable bonds is 7. The molecule has 1 heterocycles. The molecular weight excluding hydrogens is 393 g/mol. The lowest BCUT2D eigenvalue weighted by Crippen LogP contribution is -2.37. The van der Waals surface area contributed by atoms with E-state index in [0.717, 1.165) is 16.9 Å². The first kappa shape index (κ1) is 21.0. The van der Waals surface area contributed by atoms with Crippen molar-refractivity contribution in [3.05, 3.63) is 70.4 Å². The Morgan fingerprint density at radius 2 is 1.86 bits per heavy atom. The van der Waals surface area contributed by atoms with Crippen LogP contribution in [0.1, 0.15) is 27.7 Å². The van der Waals surface area contributed by atoms with E-state index in [1.54, 1.807) is 19.2 Å². The van der Waals surface area contributed by atoms with Gasteiger partial charge >= 0.3 is 5.97 Å². The normalized spacial score (nSPS) is 12.0. The summed E-state index contributed by atoms with van der Waals surface area (Å²) in [5.41, 5.74) is 1.41. The summed E-state index contributed by atoms with van der Waals surface area (Å²) in [6.07, 6.45) is -0.971. The van der Waals surface area contributed by atoms with Gasteiger partial charge in [-0.25, -0.2) is 9.18 Å². The Morgan fingerprint density at radius 3 is 2.55 bits per heavy atom. The van der Waals surface area contributed by atoms with E-state index in [9.17, 15) is 14.0 Å². The fourth-order valence-corrected chi connectivity index (χ4v) is 4.23. The summed E-state index contributed by atoms with van der Waals surface area (Å²) >= 11 is 1.13. The average Bonchev–Trinajstić information content (AvgIpc) is 3.08. The summed E-state index contributed by atoms with van der Waals surface area (Å²) in [6.45, 7) is 2.01. The van der Waals surface area contributed by atoms with E-state index in [1.807, 2.05) is 30.3 Å². The predicted octanol–water partition coefficient (Wildman–Crippen LogP) is 4.39. The smallest absolute Gasteiger partial charge is 0.349 e. The molecule has 0 aliphatic rings. The number of nitrogens with zero attached hydrogens (tertiary/aromatic N) is 1. The third kappa shape index (κ3) is 4.63. The quantitative estimate of drug-likeness (QED) is 0.537. The van der Waals surface area contributed by atoms with E-state index in [4.69, 9.17) is 9.47 Å². The molecule has 0 spiro atoms. The third-order valence-electron chi connectivity index (χ3n) is 4.51. The number of likely N-dealkylation sites (N-methyl/N-ethyl adjacent to an activating group) is 1. The topological polar surface area (TPSA) is 55.8 Å². The highest BCUT2D eigenvalue weighted by atomic mass is 32.1. The van der Waals surface area contributed by atoms with Crippen molar-refractivity contribution >= 4 is 33.3 Å². The van der Waals surface area contributed by atoms with Crippen LogP contribution in [0.5, 0.6) is 0 Å². The molecule has 0 bridgehead atoms. The fourth-order valence-electron chi connectivity index (χ4n) is 3.12. The highest BCUT2D eigenvalue weighted by Gasteiger charge is 2.26. The second-order valence-electron chi connectivity index (χ2n) is 6.68. The van der Waals surface area contributed by atoms with Gasteiger partial charge in [-0.05, 0) is 24.6 Å². The minimum absolute atomic E-state index is 0.0710. The van der Waals surface area contributed by atoms with Crippen LogP contribution in [0.3, 0.4) is 0 Å². The van der Waals surface area contributed by atoms with E-state index < -0.39 is 17.9 Å². The summed E-state index contributed by atoms with van der Waals surface area (Å²) in [7, 11) is 3.13. The van der Waals surface area contributed by atoms with Gasteiger partial charge in [-0.15, -0.1) is 11.3 Å². The van der Waals surface area contributed by atoms with Crippen LogP contribution >= 0.6 is 11.3 Å². The number of benzene rings is 2. The number of esters is 1. The van der Waals surface area contributed by atoms with Crippen LogP contribution in [-0.4, -0.2) is 37.0 Å². The SMILES string of the molecule is COCc1c(C(=O)O[C@H](C)C(=O)N(C)Cc2ccccc2)sc2cccc(F)c12. The maximum atomic E-state index is 14.3. The Morgan fingerprint density at radius 1 is 1.14 bits per heavy atom. The molecule has 0 aliphatic carbocycles. The number of halogens is 1. The predicted molar refractivity (Wildman–Crippen MR) is 110 cm³/mol. The molecule has 0 radical (unpaired) electrons. The maximum absolute atomic E-state index is 14.3. The minimum atomic E-state index is -0.971. The molecule has 5 nitrogen and oxygen atoms in total. The molecule has 7 heteroatoms. The number of fused-ring (bicyclic) bond motifs is 1. The number of carbonyl (C=O) groups excluding carboxylic acids is 2. The highest BCUT2D eigenvalue weighted by Crippen LogP contribution is 2.34. The van der Waals surface area contributed by atoms with Crippen molar-refractivity contribution in [2.75, 3.05) is 14.2 Å². The molecule has 1 amide bonds. The number of hydrogen-bond donors (Lipinski definition) is 0. The van der Waals surface area contributed by atoms with Crippen molar-refractivity contribution in [1.29, 1.82) is 0 Å². The molecule has 0 unspecified atom stereocenters. The molecule has 0 fully saturated rings. The van der Waals surface area contributed by atoms with Gasteiger partial charge < -0.3 is 14.4 Å². The number of thiophene rings is 1. The molecule has 29 heavy (non-hydrogen) atoms. The zero-order valence-electron chi connectivity index (χ0n) is 16.5. The summed E-state index contributed by atoms with van der Waals surface area (Å²) in [6, 6.07) is 14.2. The summed E-state index contributed by atoms with van der Waals surface area (Å²) in [4.78, 5) is 27.1. The first-order chi connectivity index (χ1) is 13.9. The van der Waals surface area contributed by atoms with Crippen LogP contribution in [0.4, 0.5) is 4.39 Å². The summed E-state index contributed by atoms with van der Waals surface area (Å²) in [5, 5.41) is 0.353. The first-order valence-electron chi connectivity index (χ1n) is 9.11. The highest BCUT2D eigenvalue weighted by molar-refractivity contribution is 7.21. The molecule has 1 aromatic heterocycles. The Labute approximate surface area is 172 Å². The van der Waals surface area contributed by atoms with Gasteiger partial charge in [-0.3, -0.25) is 4.79 Å². The number of amides is 1. The lowest BCUT2D eigenvalue weighted by molar-refractivity contribution is -0.139. The second kappa shape index (κ2) is 9.15. The lowest BCUT2D eigenvalue weighted by atomic mass is 10.1. The fraction of sp³-hybridized carbons (Fsp3) is 0.273. The van der Waals surface area contributed by atoms with Crippen LogP contribution in [-0.2, 0) is 27.4 Å². The average molecular weight is 415 g/mol. The van der Waals surface area contributed by atoms with E-state index in [1.165, 1.54) is 25.0 Å². The molecule has 0 aliphatic heterocycles. The lowest BCUT2D eigenvalue weighted by Gasteiger charge is -2.21. The molecule has 3 rings (SSSR count). The molecule has 152 valence electrons. The number of methoxy groups -OCH3 is 1. The maximum Gasteiger partial charge on any atom is 0.349 e. The van der Waals surface area contributed by atoms with Gasteiger partial charge in [0.2, 0.25) is 0 Å². The van der Waals surface area contributed by atoms with E-state index in [0.29, 0.717) is 22.2 Å². The zero-order valence-corrected chi connectivity index (χ0v) is 17.3. The Hall–Kier alpha value is -2.77. The third-order valence-corrected chi connectivity index (χ3v) is 5.69. The van der Waals surface area contributed by atoms with Crippen molar-refractivity contribution in [2.24, 2.45) is 0 Å². The molecule has 0 saturated heterocycles. The van der Waals surface area contributed by atoms with Gasteiger partial charge in [0.25, 0.3) is 5.91 Å². The first-order valence-corrected chi connectivity index (χ1v) is 9.92. The van der Waals surface area contributed by atoms with Crippen molar-refractivity contribution in [2.45, 2.75) is 26.2 Å².